The first-order valence-electron chi connectivity index (χ1n) is 6.20. The normalized spacial score (nSPS) is 12.7. The zero-order valence-electron chi connectivity index (χ0n) is 10.9. The Balaban J connectivity index is 2.49. The molecule has 7 heteroatoms. The lowest BCUT2D eigenvalue weighted by atomic mass is 10.0. The minimum atomic E-state index is -0.342. The van der Waals surface area contributed by atoms with Gasteiger partial charge in [0.1, 0.15) is 5.82 Å². The van der Waals surface area contributed by atoms with Gasteiger partial charge in [0, 0.05) is 11.0 Å². The minimum Gasteiger partial charge on any atom is -0.271 e. The van der Waals surface area contributed by atoms with Crippen molar-refractivity contribution < 1.29 is 4.39 Å². The monoisotopic (exact) mass is 404 g/mol. The average molecular weight is 406 g/mol. The van der Waals surface area contributed by atoms with Crippen molar-refractivity contribution in [1.29, 1.82) is 0 Å². The number of rotatable bonds is 5. The van der Waals surface area contributed by atoms with Crippen molar-refractivity contribution >= 4 is 31.9 Å². The molecule has 1 atom stereocenters. The maximum absolute atomic E-state index is 13.6. The molecular formula is C13H15Br2FN4. The van der Waals surface area contributed by atoms with Gasteiger partial charge < -0.3 is 0 Å². The smallest absolute Gasteiger partial charge is 0.124 e. The van der Waals surface area contributed by atoms with Gasteiger partial charge in [-0.15, -0.1) is 0 Å². The van der Waals surface area contributed by atoms with E-state index in [-0.39, 0.29) is 11.9 Å². The van der Waals surface area contributed by atoms with Crippen molar-refractivity contribution in [3.8, 4) is 0 Å². The number of aromatic nitrogens is 2. The summed E-state index contributed by atoms with van der Waals surface area (Å²) in [7, 11) is 0. The Hall–Kier alpha value is -0.760. The fourth-order valence-electron chi connectivity index (χ4n) is 2.12. The summed E-state index contributed by atoms with van der Waals surface area (Å²) < 4.78 is 17.0. The van der Waals surface area contributed by atoms with Crippen LogP contribution in [-0.4, -0.2) is 9.78 Å². The molecule has 0 saturated carbocycles. The molecule has 1 unspecified atom stereocenters. The van der Waals surface area contributed by atoms with Gasteiger partial charge in [0.2, 0.25) is 0 Å². The highest BCUT2D eigenvalue weighted by molar-refractivity contribution is 9.10. The molecule has 3 N–H and O–H groups in total. The van der Waals surface area contributed by atoms with Crippen LogP contribution in [0.3, 0.4) is 0 Å². The zero-order chi connectivity index (χ0) is 14.7. The number of hydrazine groups is 1. The van der Waals surface area contributed by atoms with Crippen LogP contribution < -0.4 is 11.3 Å². The van der Waals surface area contributed by atoms with Crippen LogP contribution in [0.25, 0.3) is 0 Å². The van der Waals surface area contributed by atoms with Gasteiger partial charge in [-0.2, -0.15) is 5.10 Å². The molecule has 0 amide bonds. The predicted molar refractivity (Wildman–Crippen MR) is 83.5 cm³/mol. The van der Waals surface area contributed by atoms with E-state index in [9.17, 15) is 4.39 Å². The summed E-state index contributed by atoms with van der Waals surface area (Å²) in [5, 5.41) is 4.31. The van der Waals surface area contributed by atoms with Crippen LogP contribution in [0, 0.1) is 5.82 Å². The minimum absolute atomic E-state index is 0.313. The van der Waals surface area contributed by atoms with Crippen molar-refractivity contribution in [1.82, 2.24) is 15.2 Å². The molecule has 2 rings (SSSR count). The molecule has 0 spiro atoms. The fourth-order valence-corrected chi connectivity index (χ4v) is 3.13. The SMILES string of the molecule is CCCn1ncc(Br)c1C(NN)c1cc(F)cc(Br)c1. The van der Waals surface area contributed by atoms with Crippen molar-refractivity contribution in [3.63, 3.8) is 0 Å². The highest BCUT2D eigenvalue weighted by Crippen LogP contribution is 2.30. The molecule has 0 fully saturated rings. The molecule has 0 aliphatic rings. The largest absolute Gasteiger partial charge is 0.271 e. The lowest BCUT2D eigenvalue weighted by Gasteiger charge is -2.19. The molecule has 0 aliphatic carbocycles. The Labute approximate surface area is 133 Å². The Morgan fingerprint density at radius 3 is 2.75 bits per heavy atom. The second-order valence-electron chi connectivity index (χ2n) is 4.40. The van der Waals surface area contributed by atoms with E-state index in [0.717, 1.165) is 28.7 Å². The maximum atomic E-state index is 13.6. The first kappa shape index (κ1) is 15.6. The Bertz CT molecular complexity index is 580. The van der Waals surface area contributed by atoms with E-state index in [1.54, 1.807) is 6.20 Å². The van der Waals surface area contributed by atoms with Crippen LogP contribution in [0.5, 0.6) is 0 Å². The summed E-state index contributed by atoms with van der Waals surface area (Å²) in [5.74, 6) is 5.37. The second-order valence-corrected chi connectivity index (χ2v) is 6.17. The highest BCUT2D eigenvalue weighted by atomic mass is 79.9. The quantitative estimate of drug-likeness (QED) is 0.591. The van der Waals surface area contributed by atoms with Crippen LogP contribution in [0.15, 0.2) is 33.3 Å². The summed E-state index contributed by atoms with van der Waals surface area (Å²) in [5.41, 5.74) is 4.35. The number of nitrogens with two attached hydrogens (primary N) is 1. The molecule has 1 heterocycles. The number of nitrogens with one attached hydrogen (secondary N) is 1. The van der Waals surface area contributed by atoms with E-state index in [1.807, 2.05) is 10.7 Å². The van der Waals surface area contributed by atoms with Crippen molar-refractivity contribution in [2.75, 3.05) is 0 Å². The summed E-state index contributed by atoms with van der Waals surface area (Å²) in [6.45, 7) is 2.85. The van der Waals surface area contributed by atoms with Crippen molar-refractivity contribution in [3.05, 3.63) is 50.4 Å². The van der Waals surface area contributed by atoms with Gasteiger partial charge >= 0.3 is 0 Å². The lowest BCUT2D eigenvalue weighted by molar-refractivity contribution is 0.517. The maximum Gasteiger partial charge on any atom is 0.124 e. The van der Waals surface area contributed by atoms with E-state index in [0.29, 0.717) is 4.47 Å². The highest BCUT2D eigenvalue weighted by Gasteiger charge is 2.21. The molecule has 4 nitrogen and oxygen atoms in total. The number of benzene rings is 1. The van der Waals surface area contributed by atoms with E-state index in [2.05, 4.69) is 49.3 Å². The molecule has 0 bridgehead atoms. The van der Waals surface area contributed by atoms with E-state index in [4.69, 9.17) is 5.84 Å². The number of hydrogen-bond donors (Lipinski definition) is 2. The lowest BCUT2D eigenvalue weighted by Crippen LogP contribution is -2.31. The molecular weight excluding hydrogens is 391 g/mol. The Morgan fingerprint density at radius 1 is 1.40 bits per heavy atom. The predicted octanol–water partition coefficient (Wildman–Crippen LogP) is 3.51. The van der Waals surface area contributed by atoms with Gasteiger partial charge in [-0.25, -0.2) is 9.82 Å². The van der Waals surface area contributed by atoms with Crippen LogP contribution >= 0.6 is 31.9 Å². The van der Waals surface area contributed by atoms with Crippen molar-refractivity contribution in [2.45, 2.75) is 25.9 Å². The molecule has 108 valence electrons. The van der Waals surface area contributed by atoms with Gasteiger partial charge in [0.15, 0.2) is 0 Å². The third-order valence-corrected chi connectivity index (χ3v) is 4.00. The Kier molecular flexibility index (Phi) is 5.31. The van der Waals surface area contributed by atoms with Crippen LogP contribution in [-0.2, 0) is 6.54 Å². The first-order valence-corrected chi connectivity index (χ1v) is 7.78. The van der Waals surface area contributed by atoms with E-state index < -0.39 is 0 Å². The topological polar surface area (TPSA) is 55.9 Å². The number of halogens is 3. The average Bonchev–Trinajstić information content (AvgIpc) is 2.72. The van der Waals surface area contributed by atoms with Crippen molar-refractivity contribution in [2.24, 2.45) is 5.84 Å². The second kappa shape index (κ2) is 6.80. The van der Waals surface area contributed by atoms with Gasteiger partial charge in [-0.3, -0.25) is 10.5 Å². The third kappa shape index (κ3) is 3.28. The van der Waals surface area contributed by atoms with Gasteiger partial charge in [-0.05, 0) is 46.1 Å². The molecule has 2 aromatic rings. The van der Waals surface area contributed by atoms with E-state index >= 15 is 0 Å². The molecule has 0 radical (unpaired) electrons. The fraction of sp³-hybridized carbons (Fsp3) is 0.308. The summed E-state index contributed by atoms with van der Waals surface area (Å²) in [6.07, 6.45) is 2.68. The third-order valence-electron chi connectivity index (χ3n) is 2.93. The summed E-state index contributed by atoms with van der Waals surface area (Å²) in [6, 6.07) is 4.37. The zero-order valence-corrected chi connectivity index (χ0v) is 14.1. The van der Waals surface area contributed by atoms with Crippen LogP contribution in [0.1, 0.15) is 30.6 Å². The van der Waals surface area contributed by atoms with Crippen LogP contribution in [0.4, 0.5) is 4.39 Å². The molecule has 1 aromatic carbocycles. The first-order chi connectivity index (χ1) is 9.56. The van der Waals surface area contributed by atoms with Crippen LogP contribution in [0.2, 0.25) is 0 Å². The molecule has 0 aliphatic heterocycles. The number of nitrogens with zero attached hydrogens (tertiary/aromatic N) is 2. The standard InChI is InChI=1S/C13H15Br2FN4/c1-2-3-20-13(11(15)7-18-20)12(19-17)8-4-9(14)6-10(16)5-8/h4-7,12,19H,2-3,17H2,1H3. The summed E-state index contributed by atoms with van der Waals surface area (Å²) >= 11 is 6.78. The number of aryl methyl sites for hydroxylation is 1. The molecule has 1 aromatic heterocycles. The van der Waals surface area contributed by atoms with Gasteiger partial charge in [0.05, 0.1) is 22.4 Å². The molecule has 20 heavy (non-hydrogen) atoms. The van der Waals surface area contributed by atoms with Gasteiger partial charge in [0.25, 0.3) is 0 Å². The van der Waals surface area contributed by atoms with Gasteiger partial charge in [-0.1, -0.05) is 22.9 Å². The number of hydrogen-bond acceptors (Lipinski definition) is 3. The molecule has 0 saturated heterocycles. The summed E-state index contributed by atoms with van der Waals surface area (Å²) in [4.78, 5) is 0. The van der Waals surface area contributed by atoms with E-state index in [1.165, 1.54) is 12.1 Å². The Morgan fingerprint density at radius 2 is 2.15 bits per heavy atom.